The number of pyridine rings is 2. The minimum absolute atomic E-state index is 0. The van der Waals surface area contributed by atoms with Crippen molar-refractivity contribution in [3.05, 3.63) is 169 Å². The Bertz CT molecular complexity index is 3240. The first-order valence-corrected chi connectivity index (χ1v) is 30.6. The first kappa shape index (κ1) is 65.0. The maximum absolute atomic E-state index is 11.8. The Morgan fingerprint density at radius 2 is 0.529 bits per heavy atom. The van der Waals surface area contributed by atoms with Gasteiger partial charge >= 0.3 is 0 Å². The molecule has 0 fully saturated rings. The number of hydrogen-bond donors (Lipinski definition) is 0. The molecule has 0 saturated carbocycles. The average molecular weight is 1600 g/mol. The summed E-state index contributed by atoms with van der Waals surface area (Å²) in [7, 11) is -9.56. The molecule has 2 aromatic heterocycles. The molecule has 12 nitrogen and oxygen atoms in total. The molecule has 0 aliphatic rings. The van der Waals surface area contributed by atoms with Crippen LogP contribution in [0.2, 0.25) is 0 Å². The number of aromatic nitrogens is 2. The summed E-state index contributed by atoms with van der Waals surface area (Å²) < 4.78 is 102. The second-order valence-electron chi connectivity index (χ2n) is 14.6. The molecule has 0 spiro atoms. The first-order chi connectivity index (χ1) is 30.6. The van der Waals surface area contributed by atoms with Gasteiger partial charge in [-0.25, -0.2) is 42.8 Å². The number of rotatable bonds is 4. The normalized spacial score (nSPS) is 10.5. The van der Waals surface area contributed by atoms with E-state index in [1.807, 2.05) is 60.1 Å². The van der Waals surface area contributed by atoms with Crippen molar-refractivity contribution in [3.63, 3.8) is 0 Å². The highest BCUT2D eigenvalue weighted by Crippen LogP contribution is 2.21. The lowest BCUT2D eigenvalue weighted by molar-refractivity contribution is -0.671. The average Bonchev–Trinajstić information content (AvgIpc) is 3.20. The van der Waals surface area contributed by atoms with Gasteiger partial charge in [0.25, 0.3) is 0 Å². The number of hydrogen-bond acceptors (Lipinski definition) is 8. The number of halogens is 6. The number of nitrogens with zero attached hydrogens (tertiary/aromatic N) is 2. The Kier molecular flexibility index (Phi) is 25.4. The van der Waals surface area contributed by atoms with Crippen molar-refractivity contribution >= 4 is 130 Å². The monoisotopic (exact) mass is 1600 g/mol. The van der Waals surface area contributed by atoms with Gasteiger partial charge in [-0.1, -0.05) is 47.4 Å². The summed E-state index contributed by atoms with van der Waals surface area (Å²) in [4.78, 5) is 0.901. The zero-order valence-electron chi connectivity index (χ0n) is 37.5. The van der Waals surface area contributed by atoms with Crippen LogP contribution in [0.25, 0.3) is 0 Å². The summed E-state index contributed by atoms with van der Waals surface area (Å²) in [5.74, 6) is 24.5. The fourth-order valence-electron chi connectivity index (χ4n) is 5.59. The molecule has 2 heterocycles. The van der Waals surface area contributed by atoms with E-state index < -0.39 is 39.3 Å². The molecule has 6 rings (SSSR count). The third kappa shape index (κ3) is 19.5. The van der Waals surface area contributed by atoms with Crippen LogP contribution in [0.15, 0.2) is 129 Å². The van der Waals surface area contributed by atoms with Crippen molar-refractivity contribution < 1.29 is 87.7 Å². The van der Waals surface area contributed by atoms with E-state index in [0.29, 0.717) is 44.5 Å². The molecule has 368 valence electrons. The maximum Gasteiger partial charge on any atom is 0.184 e. The van der Waals surface area contributed by atoms with Gasteiger partial charge < -0.3 is 44.9 Å². The lowest BCUT2D eigenvalue weighted by atomic mass is 10.1. The van der Waals surface area contributed by atoms with Crippen molar-refractivity contribution in [2.45, 2.75) is 19.6 Å². The molecule has 70 heavy (non-hydrogen) atoms. The van der Waals surface area contributed by atoms with Crippen molar-refractivity contribution in [2.24, 2.45) is 14.1 Å². The Morgan fingerprint density at radius 3 is 0.700 bits per heavy atom. The predicted molar refractivity (Wildman–Crippen MR) is 295 cm³/mol. The number of aryl methyl sites for hydroxylation is 2. The molecular weight excluding hydrogens is 1560 g/mol. The van der Waals surface area contributed by atoms with Gasteiger partial charge in [0, 0.05) is 61.6 Å². The SMILES string of the molecule is C[n+]1cc(C#Cc2cc(S(C)(=O)=O)ccc2I)cc(C#Cc2cc(S(C)(=O)=O)ccc2I)c1.C[n+]1cc(C#Cc2cc(S(C)(=O)=O)ccc2I)cc(C#Cc2cc(S(C)(=O)=O)ccc2I)c1.O.O.[Br-].[Br-]. The summed E-state index contributed by atoms with van der Waals surface area (Å²) in [5.41, 5.74) is 5.37. The lowest BCUT2D eigenvalue weighted by Crippen LogP contribution is -3.00. The van der Waals surface area contributed by atoms with Gasteiger partial charge in [0.1, 0.15) is 14.1 Å². The molecule has 0 bridgehead atoms. The molecule has 0 amide bonds. The van der Waals surface area contributed by atoms with Gasteiger partial charge in [0.05, 0.1) is 41.8 Å². The van der Waals surface area contributed by atoms with E-state index in [1.54, 1.807) is 72.8 Å². The van der Waals surface area contributed by atoms with E-state index in [-0.39, 0.29) is 64.5 Å². The van der Waals surface area contributed by atoms with Crippen LogP contribution in [0.3, 0.4) is 0 Å². The van der Waals surface area contributed by atoms with Crippen LogP contribution in [0.5, 0.6) is 0 Å². The number of benzene rings is 4. The molecule has 0 aliphatic heterocycles. The summed E-state index contributed by atoms with van der Waals surface area (Å²) in [6.07, 6.45) is 12.1. The van der Waals surface area contributed by atoms with Crippen LogP contribution in [-0.2, 0) is 53.4 Å². The third-order valence-corrected chi connectivity index (χ3v) is 17.0. The summed E-state index contributed by atoms with van der Waals surface area (Å²) in [6, 6.07) is 23.2. The highest BCUT2D eigenvalue weighted by atomic mass is 127. The smallest absolute Gasteiger partial charge is 0.184 e. The molecule has 22 heteroatoms. The van der Waals surface area contributed by atoms with E-state index in [0.717, 1.165) is 14.3 Å². The standard InChI is InChI=1S/2C24H18I2NO4S2.2BrH.2H2O/c2*1-27-15-17(4-6-19-13-21(32(2,28)29)8-10-23(19)25)12-18(16-27)5-7-20-14-22(33(3,30)31)9-11-24(20)26;;;;/h2*8-16H,1-3H3;2*1H;2*1H2/q2*+1;;;;/p-2. The van der Waals surface area contributed by atoms with Crippen LogP contribution in [0, 0.1) is 61.6 Å². The molecule has 0 unspecified atom stereocenters. The number of sulfone groups is 4. The molecule has 4 N–H and O–H groups in total. The Hall–Kier alpha value is -2.98. The fourth-order valence-corrected chi connectivity index (χ4v) is 10.1. The minimum atomic E-state index is -3.32. The van der Waals surface area contributed by atoms with Crippen LogP contribution in [0.4, 0.5) is 0 Å². The molecule has 0 aliphatic carbocycles. The van der Waals surface area contributed by atoms with Crippen molar-refractivity contribution in [2.75, 3.05) is 25.0 Å². The third-order valence-electron chi connectivity index (χ3n) is 8.82. The van der Waals surface area contributed by atoms with Crippen molar-refractivity contribution in [1.29, 1.82) is 0 Å². The van der Waals surface area contributed by atoms with Crippen LogP contribution >= 0.6 is 90.4 Å². The largest absolute Gasteiger partial charge is 1.00 e. The van der Waals surface area contributed by atoms with Crippen molar-refractivity contribution in [1.82, 2.24) is 0 Å². The highest BCUT2D eigenvalue weighted by Gasteiger charge is 2.13. The Balaban J connectivity index is 0.000000662. The van der Waals surface area contributed by atoms with E-state index in [9.17, 15) is 33.7 Å². The second kappa shape index (κ2) is 27.3. The molecule has 6 aromatic rings. The van der Waals surface area contributed by atoms with Gasteiger partial charge in [-0.2, -0.15) is 0 Å². The van der Waals surface area contributed by atoms with Crippen LogP contribution in [-0.4, -0.2) is 69.6 Å². The Labute approximate surface area is 485 Å². The minimum Gasteiger partial charge on any atom is -1.00 e. The summed E-state index contributed by atoms with van der Waals surface area (Å²) in [5, 5.41) is 0. The fraction of sp³-hybridized carbons (Fsp3) is 0.125. The maximum atomic E-state index is 11.8. The lowest BCUT2D eigenvalue weighted by Gasteiger charge is -2.01. The summed E-state index contributed by atoms with van der Waals surface area (Å²) in [6.45, 7) is 0. The van der Waals surface area contributed by atoms with Gasteiger partial charge in [-0.3, -0.25) is 0 Å². The molecular formula is C48H40Br2I4N2O10S4. The second-order valence-corrected chi connectivity index (χ2v) is 27.3. The van der Waals surface area contributed by atoms with Crippen molar-refractivity contribution in [3.8, 4) is 47.4 Å². The van der Waals surface area contributed by atoms with E-state index in [2.05, 4.69) is 138 Å². The Morgan fingerprint density at radius 1 is 0.343 bits per heavy atom. The topological polar surface area (TPSA) is 207 Å². The zero-order chi connectivity index (χ0) is 48.8. The zero-order valence-corrected chi connectivity index (χ0v) is 52.5. The van der Waals surface area contributed by atoms with Gasteiger partial charge in [0.2, 0.25) is 0 Å². The van der Waals surface area contributed by atoms with E-state index in [1.165, 1.54) is 25.0 Å². The van der Waals surface area contributed by atoms with Gasteiger partial charge in [-0.15, -0.1) is 0 Å². The van der Waals surface area contributed by atoms with Crippen LogP contribution < -0.4 is 43.1 Å². The molecule has 0 saturated heterocycles. The highest BCUT2D eigenvalue weighted by molar-refractivity contribution is 14.1. The molecule has 0 atom stereocenters. The molecule has 0 radical (unpaired) electrons. The van der Waals surface area contributed by atoms with Crippen LogP contribution in [0.1, 0.15) is 44.5 Å². The predicted octanol–water partition coefficient (Wildman–Crippen LogP) is -0.988. The van der Waals surface area contributed by atoms with E-state index in [4.69, 9.17) is 0 Å². The van der Waals surface area contributed by atoms with Gasteiger partial charge in [-0.05, 0) is 175 Å². The first-order valence-electron chi connectivity index (χ1n) is 18.7. The van der Waals surface area contributed by atoms with E-state index >= 15 is 0 Å². The van der Waals surface area contributed by atoms with Gasteiger partial charge in [0.15, 0.2) is 64.1 Å². The quantitative estimate of drug-likeness (QED) is 0.122. The molecule has 4 aromatic carbocycles. The summed E-state index contributed by atoms with van der Waals surface area (Å²) >= 11 is 8.50.